The Morgan fingerprint density at radius 1 is 0.938 bits per heavy atom. The molecular formula is C24H22FNO5S. The number of rotatable bonds is 9. The first-order valence-corrected chi connectivity index (χ1v) is 11.3. The second-order valence-electron chi connectivity index (χ2n) is 7.18. The number of esters is 1. The Kier molecular flexibility index (Phi) is 7.37. The van der Waals surface area contributed by atoms with Gasteiger partial charge in [-0.1, -0.05) is 48.0 Å². The number of halogens is 1. The van der Waals surface area contributed by atoms with Gasteiger partial charge in [0.25, 0.3) is 10.0 Å². The molecule has 0 aliphatic rings. The molecule has 6 nitrogen and oxygen atoms in total. The molecule has 3 rings (SSSR count). The maximum Gasteiger partial charge on any atom is 0.306 e. The van der Waals surface area contributed by atoms with Crippen molar-refractivity contribution in [2.24, 2.45) is 0 Å². The summed E-state index contributed by atoms with van der Waals surface area (Å²) in [6.45, 7) is 1.90. The zero-order valence-corrected chi connectivity index (χ0v) is 18.2. The minimum Gasteiger partial charge on any atom is -0.461 e. The van der Waals surface area contributed by atoms with E-state index in [1.54, 1.807) is 24.3 Å². The second-order valence-corrected chi connectivity index (χ2v) is 8.86. The van der Waals surface area contributed by atoms with Crippen LogP contribution in [0, 0.1) is 12.7 Å². The van der Waals surface area contributed by atoms with E-state index in [1.807, 2.05) is 25.1 Å². The fourth-order valence-corrected chi connectivity index (χ4v) is 4.00. The van der Waals surface area contributed by atoms with Gasteiger partial charge in [0.05, 0.1) is 17.0 Å². The van der Waals surface area contributed by atoms with Gasteiger partial charge in [0.15, 0.2) is 5.78 Å². The molecule has 0 aromatic heterocycles. The second kappa shape index (κ2) is 10.2. The van der Waals surface area contributed by atoms with E-state index in [0.29, 0.717) is 0 Å². The highest BCUT2D eigenvalue weighted by Gasteiger charge is 2.20. The molecule has 0 saturated heterocycles. The third-order valence-corrected chi connectivity index (χ3v) is 6.04. The summed E-state index contributed by atoms with van der Waals surface area (Å²) < 4.78 is 46.6. The van der Waals surface area contributed by atoms with Gasteiger partial charge < -0.3 is 4.74 Å². The summed E-state index contributed by atoms with van der Waals surface area (Å²) in [5.74, 6) is -1.86. The molecule has 8 heteroatoms. The number of benzene rings is 3. The van der Waals surface area contributed by atoms with Crippen LogP contribution in [0.3, 0.4) is 0 Å². The van der Waals surface area contributed by atoms with Crippen molar-refractivity contribution in [1.82, 2.24) is 0 Å². The van der Waals surface area contributed by atoms with Crippen molar-refractivity contribution in [2.45, 2.75) is 31.3 Å². The first-order valence-electron chi connectivity index (χ1n) is 9.86. The van der Waals surface area contributed by atoms with Crippen LogP contribution in [-0.2, 0) is 26.2 Å². The monoisotopic (exact) mass is 455 g/mol. The zero-order valence-electron chi connectivity index (χ0n) is 17.4. The lowest BCUT2D eigenvalue weighted by Crippen LogP contribution is -2.16. The van der Waals surface area contributed by atoms with Gasteiger partial charge >= 0.3 is 5.97 Å². The third-order valence-electron chi connectivity index (χ3n) is 4.66. The maximum absolute atomic E-state index is 13.8. The smallest absolute Gasteiger partial charge is 0.306 e. The van der Waals surface area contributed by atoms with Gasteiger partial charge in [-0.15, -0.1) is 0 Å². The number of carbonyl (C=O) groups excluding carboxylic acids is 2. The summed E-state index contributed by atoms with van der Waals surface area (Å²) in [6.07, 6.45) is -0.470. The zero-order chi connectivity index (χ0) is 23.1. The summed E-state index contributed by atoms with van der Waals surface area (Å²) in [6, 6.07) is 18.4. The number of carbonyl (C=O) groups is 2. The Bertz CT molecular complexity index is 1210. The van der Waals surface area contributed by atoms with Gasteiger partial charge in [-0.25, -0.2) is 12.8 Å². The van der Waals surface area contributed by atoms with Crippen LogP contribution in [0.4, 0.5) is 10.1 Å². The van der Waals surface area contributed by atoms with Gasteiger partial charge in [0.1, 0.15) is 12.4 Å². The van der Waals surface area contributed by atoms with E-state index in [-0.39, 0.29) is 35.6 Å². The van der Waals surface area contributed by atoms with Crippen LogP contribution in [0.25, 0.3) is 0 Å². The van der Waals surface area contributed by atoms with Crippen LogP contribution in [0.15, 0.2) is 77.7 Å². The molecule has 0 unspecified atom stereocenters. The topological polar surface area (TPSA) is 89.5 Å². The standard InChI is InChI=1S/C24H22FNO5S/c1-17-7-10-20(11-8-17)32(29,30)26-22-12-9-19(25)15-21(22)23(27)13-14-24(28)31-16-18-5-3-2-4-6-18/h2-12,15,26H,13-14,16H2,1H3. The molecule has 0 heterocycles. The van der Waals surface area contributed by atoms with E-state index in [2.05, 4.69) is 4.72 Å². The van der Waals surface area contributed by atoms with Crippen molar-refractivity contribution in [3.8, 4) is 0 Å². The number of sulfonamides is 1. The number of ketones is 1. The van der Waals surface area contributed by atoms with Gasteiger partial charge in [-0.3, -0.25) is 14.3 Å². The number of ether oxygens (including phenoxy) is 1. The normalized spacial score (nSPS) is 11.1. The highest BCUT2D eigenvalue weighted by Crippen LogP contribution is 2.23. The van der Waals surface area contributed by atoms with Gasteiger partial charge in [-0.2, -0.15) is 0 Å². The van der Waals surface area contributed by atoms with Crippen molar-refractivity contribution in [1.29, 1.82) is 0 Å². The maximum atomic E-state index is 13.8. The number of Topliss-reactive ketones (excluding diaryl/α,β-unsaturated/α-hetero) is 1. The highest BCUT2D eigenvalue weighted by molar-refractivity contribution is 7.92. The Hall–Kier alpha value is -3.52. The number of nitrogens with one attached hydrogen (secondary N) is 1. The quantitative estimate of drug-likeness (QED) is 0.375. The fraction of sp³-hybridized carbons (Fsp3) is 0.167. The lowest BCUT2D eigenvalue weighted by molar-refractivity contribution is -0.144. The first-order chi connectivity index (χ1) is 15.2. The molecular weight excluding hydrogens is 433 g/mol. The van der Waals surface area contributed by atoms with E-state index in [0.717, 1.165) is 23.3 Å². The Balaban J connectivity index is 1.68. The van der Waals surface area contributed by atoms with E-state index >= 15 is 0 Å². The van der Waals surface area contributed by atoms with Crippen molar-refractivity contribution >= 4 is 27.5 Å². The number of hydrogen-bond acceptors (Lipinski definition) is 5. The Morgan fingerprint density at radius 2 is 1.62 bits per heavy atom. The summed E-state index contributed by atoms with van der Waals surface area (Å²) >= 11 is 0. The summed E-state index contributed by atoms with van der Waals surface area (Å²) in [4.78, 5) is 24.6. The SMILES string of the molecule is Cc1ccc(S(=O)(=O)Nc2ccc(F)cc2C(=O)CCC(=O)OCc2ccccc2)cc1. The fourth-order valence-electron chi connectivity index (χ4n) is 2.92. The van der Waals surface area contributed by atoms with Crippen molar-refractivity contribution in [3.63, 3.8) is 0 Å². The van der Waals surface area contributed by atoms with Crippen molar-refractivity contribution in [3.05, 3.63) is 95.3 Å². The highest BCUT2D eigenvalue weighted by atomic mass is 32.2. The van der Waals surface area contributed by atoms with Gasteiger partial charge in [0, 0.05) is 12.0 Å². The molecule has 0 aliphatic heterocycles. The number of anilines is 1. The van der Waals surface area contributed by atoms with E-state index < -0.39 is 27.6 Å². The molecule has 1 N–H and O–H groups in total. The predicted octanol–water partition coefficient (Wildman–Crippen LogP) is 4.64. The molecule has 0 saturated carbocycles. The molecule has 166 valence electrons. The van der Waals surface area contributed by atoms with Gasteiger partial charge in [0.2, 0.25) is 0 Å². The van der Waals surface area contributed by atoms with Gasteiger partial charge in [-0.05, 0) is 42.8 Å². The lowest BCUT2D eigenvalue weighted by Gasteiger charge is -2.13. The van der Waals surface area contributed by atoms with Crippen LogP contribution in [0.1, 0.15) is 34.3 Å². The van der Waals surface area contributed by atoms with E-state index in [1.165, 1.54) is 18.2 Å². The number of hydrogen-bond donors (Lipinski definition) is 1. The first kappa shape index (κ1) is 23.1. The Labute approximate surface area is 186 Å². The van der Waals surface area contributed by atoms with E-state index in [4.69, 9.17) is 4.74 Å². The predicted molar refractivity (Wildman–Crippen MR) is 118 cm³/mol. The Morgan fingerprint density at radius 3 is 2.31 bits per heavy atom. The van der Waals surface area contributed by atoms with E-state index in [9.17, 15) is 22.4 Å². The largest absolute Gasteiger partial charge is 0.461 e. The number of aryl methyl sites for hydroxylation is 1. The summed E-state index contributed by atoms with van der Waals surface area (Å²) in [5, 5.41) is 0. The van der Waals surface area contributed by atoms with Crippen molar-refractivity contribution in [2.75, 3.05) is 4.72 Å². The molecule has 0 bridgehead atoms. The van der Waals surface area contributed by atoms with Crippen LogP contribution in [0.2, 0.25) is 0 Å². The van der Waals surface area contributed by atoms with Crippen LogP contribution in [0.5, 0.6) is 0 Å². The lowest BCUT2D eigenvalue weighted by atomic mass is 10.0. The minimum atomic E-state index is -3.99. The summed E-state index contributed by atoms with van der Waals surface area (Å²) in [5.41, 5.74) is 1.48. The summed E-state index contributed by atoms with van der Waals surface area (Å²) in [7, 11) is -3.99. The average molecular weight is 456 g/mol. The van der Waals surface area contributed by atoms with Crippen LogP contribution >= 0.6 is 0 Å². The van der Waals surface area contributed by atoms with Crippen LogP contribution < -0.4 is 4.72 Å². The molecule has 0 amide bonds. The molecule has 0 atom stereocenters. The molecule has 3 aromatic carbocycles. The van der Waals surface area contributed by atoms with Crippen molar-refractivity contribution < 1.29 is 27.1 Å². The molecule has 0 radical (unpaired) electrons. The van der Waals surface area contributed by atoms with Crippen LogP contribution in [-0.4, -0.2) is 20.2 Å². The molecule has 0 spiro atoms. The molecule has 3 aromatic rings. The molecule has 0 aliphatic carbocycles. The minimum absolute atomic E-state index is 0.00955. The molecule has 32 heavy (non-hydrogen) atoms. The third kappa shape index (κ3) is 6.24. The molecule has 0 fully saturated rings. The average Bonchev–Trinajstić information content (AvgIpc) is 2.78.